The van der Waals surface area contributed by atoms with Gasteiger partial charge in [-0.3, -0.25) is 14.5 Å². The van der Waals surface area contributed by atoms with Gasteiger partial charge in [0.15, 0.2) is 0 Å². The third-order valence-corrected chi connectivity index (χ3v) is 7.02. The Morgan fingerprint density at radius 3 is 2.03 bits per heavy atom. The van der Waals surface area contributed by atoms with Crippen molar-refractivity contribution in [2.24, 2.45) is 11.8 Å². The molecule has 2 heterocycles. The molecular formula is C25H46N2O2. The van der Waals surface area contributed by atoms with E-state index >= 15 is 0 Å². The molecule has 0 aliphatic carbocycles. The molecule has 0 saturated carbocycles. The average molecular weight is 407 g/mol. The third-order valence-electron chi connectivity index (χ3n) is 7.02. The number of amides is 2. The van der Waals surface area contributed by atoms with E-state index in [1.54, 1.807) is 4.90 Å². The van der Waals surface area contributed by atoms with Crippen molar-refractivity contribution in [3.8, 4) is 0 Å². The number of unbranched alkanes of at least 4 members (excludes halogenated alkanes) is 6. The Bertz CT molecular complexity index is 539. The van der Waals surface area contributed by atoms with Gasteiger partial charge in [0.25, 0.3) is 0 Å². The number of nitrogens with one attached hydrogen (secondary N) is 1. The van der Waals surface area contributed by atoms with Crippen LogP contribution in [0.1, 0.15) is 119 Å². The minimum atomic E-state index is -0.0892. The second-order valence-corrected chi connectivity index (χ2v) is 10.9. The minimum absolute atomic E-state index is 0.0299. The predicted molar refractivity (Wildman–Crippen MR) is 121 cm³/mol. The molecular weight excluding hydrogens is 360 g/mol. The lowest BCUT2D eigenvalue weighted by atomic mass is 9.79. The number of hydrogen-bond acceptors (Lipinski definition) is 3. The number of likely N-dealkylation sites (tertiary alicyclic amines) is 1. The summed E-state index contributed by atoms with van der Waals surface area (Å²) in [7, 11) is 0. The van der Waals surface area contributed by atoms with Gasteiger partial charge in [-0.15, -0.1) is 0 Å². The lowest BCUT2D eigenvalue weighted by Crippen LogP contribution is -2.62. The topological polar surface area (TPSA) is 49.4 Å². The van der Waals surface area contributed by atoms with Gasteiger partial charge in [0.1, 0.15) is 0 Å². The second-order valence-electron chi connectivity index (χ2n) is 10.9. The molecule has 2 aliphatic heterocycles. The summed E-state index contributed by atoms with van der Waals surface area (Å²) in [6, 6.07) is 0.0299. The molecule has 2 rings (SSSR count). The normalized spacial score (nSPS) is 25.6. The zero-order valence-electron chi connectivity index (χ0n) is 20.0. The van der Waals surface area contributed by atoms with Gasteiger partial charge in [-0.2, -0.15) is 0 Å². The molecule has 4 nitrogen and oxygen atoms in total. The fourth-order valence-corrected chi connectivity index (χ4v) is 5.93. The highest BCUT2D eigenvalue weighted by molar-refractivity contribution is 6.04. The molecule has 29 heavy (non-hydrogen) atoms. The molecule has 2 amide bonds. The molecule has 0 spiro atoms. The first kappa shape index (κ1) is 24.4. The molecule has 0 aromatic rings. The van der Waals surface area contributed by atoms with Crippen LogP contribution < -0.4 is 5.32 Å². The van der Waals surface area contributed by atoms with Gasteiger partial charge in [0, 0.05) is 23.5 Å². The van der Waals surface area contributed by atoms with E-state index in [2.05, 4.69) is 46.9 Å². The SMILES string of the molecule is CCCCCCCCCC(CC)C1CC(=O)N(C2CC(C)(C)NC(C)(C)C2)C1=O. The molecule has 0 radical (unpaired) electrons. The Balaban J connectivity index is 1.92. The third kappa shape index (κ3) is 6.80. The van der Waals surface area contributed by atoms with Crippen LogP contribution in [0.4, 0.5) is 0 Å². The summed E-state index contributed by atoms with van der Waals surface area (Å²) in [6.07, 6.45) is 13.3. The van der Waals surface area contributed by atoms with Crippen LogP contribution in [0.25, 0.3) is 0 Å². The number of piperidine rings is 1. The molecule has 168 valence electrons. The molecule has 0 aromatic heterocycles. The van der Waals surface area contributed by atoms with Crippen molar-refractivity contribution in [1.29, 1.82) is 0 Å². The fourth-order valence-electron chi connectivity index (χ4n) is 5.93. The summed E-state index contributed by atoms with van der Waals surface area (Å²) >= 11 is 0. The molecule has 2 fully saturated rings. The van der Waals surface area contributed by atoms with Crippen LogP contribution in [-0.4, -0.2) is 33.8 Å². The maximum atomic E-state index is 13.3. The summed E-state index contributed by atoms with van der Waals surface area (Å²) in [6.45, 7) is 13.2. The largest absolute Gasteiger partial charge is 0.307 e. The number of rotatable bonds is 11. The molecule has 2 aliphatic rings. The van der Waals surface area contributed by atoms with Crippen LogP contribution in [0.15, 0.2) is 0 Å². The van der Waals surface area contributed by atoms with E-state index in [0.29, 0.717) is 12.3 Å². The van der Waals surface area contributed by atoms with Gasteiger partial charge < -0.3 is 5.32 Å². The fraction of sp³-hybridized carbons (Fsp3) is 0.920. The molecule has 0 aromatic carbocycles. The van der Waals surface area contributed by atoms with Crippen molar-refractivity contribution in [3.63, 3.8) is 0 Å². The number of nitrogens with zero attached hydrogens (tertiary/aromatic N) is 1. The van der Waals surface area contributed by atoms with Crippen LogP contribution in [0.2, 0.25) is 0 Å². The summed E-state index contributed by atoms with van der Waals surface area (Å²) in [5.41, 5.74) is -0.125. The van der Waals surface area contributed by atoms with E-state index in [9.17, 15) is 9.59 Å². The van der Waals surface area contributed by atoms with Crippen molar-refractivity contribution in [2.75, 3.05) is 0 Å². The van der Waals surface area contributed by atoms with Crippen molar-refractivity contribution >= 4 is 11.8 Å². The highest BCUT2D eigenvalue weighted by Crippen LogP contribution is 2.38. The van der Waals surface area contributed by atoms with Gasteiger partial charge in [0.05, 0.1) is 5.92 Å². The first-order chi connectivity index (χ1) is 13.6. The standard InChI is InChI=1S/C25H46N2O2/c1-7-9-10-11-12-13-14-15-19(8-2)21-16-22(28)27(23(21)29)20-17-24(3,4)26-25(5,6)18-20/h19-21,26H,7-18H2,1-6H3. The molecule has 0 bridgehead atoms. The number of hydrogen-bond donors (Lipinski definition) is 1. The Kier molecular flexibility index (Phi) is 8.75. The Hall–Kier alpha value is -0.900. The Morgan fingerprint density at radius 1 is 0.931 bits per heavy atom. The predicted octanol–water partition coefficient (Wildman–Crippen LogP) is 5.84. The van der Waals surface area contributed by atoms with Crippen LogP contribution in [-0.2, 0) is 9.59 Å². The van der Waals surface area contributed by atoms with Crippen LogP contribution in [0.3, 0.4) is 0 Å². The molecule has 2 saturated heterocycles. The maximum Gasteiger partial charge on any atom is 0.233 e. The lowest BCUT2D eigenvalue weighted by Gasteiger charge is -2.48. The van der Waals surface area contributed by atoms with Crippen LogP contribution in [0.5, 0.6) is 0 Å². The van der Waals surface area contributed by atoms with Crippen molar-refractivity contribution in [3.05, 3.63) is 0 Å². The highest BCUT2D eigenvalue weighted by Gasteiger charge is 2.49. The smallest absolute Gasteiger partial charge is 0.233 e. The number of carbonyl (C=O) groups excluding carboxylic acids is 2. The first-order valence-electron chi connectivity index (χ1n) is 12.3. The number of imide groups is 1. The van der Waals surface area contributed by atoms with E-state index in [-0.39, 0.29) is 34.9 Å². The molecule has 2 unspecified atom stereocenters. The molecule has 4 heteroatoms. The summed E-state index contributed by atoms with van der Waals surface area (Å²) in [5, 5.41) is 3.66. The van der Waals surface area contributed by atoms with Crippen molar-refractivity contribution in [2.45, 2.75) is 136 Å². The van der Waals surface area contributed by atoms with E-state index in [1.807, 2.05) is 0 Å². The maximum absolute atomic E-state index is 13.3. The van der Waals surface area contributed by atoms with Gasteiger partial charge in [-0.25, -0.2) is 0 Å². The molecule has 2 atom stereocenters. The summed E-state index contributed by atoms with van der Waals surface area (Å²) in [4.78, 5) is 27.9. The lowest BCUT2D eigenvalue weighted by molar-refractivity contribution is -0.144. The Morgan fingerprint density at radius 2 is 1.48 bits per heavy atom. The van der Waals surface area contributed by atoms with Gasteiger partial charge in [-0.1, -0.05) is 65.2 Å². The van der Waals surface area contributed by atoms with Crippen molar-refractivity contribution < 1.29 is 9.59 Å². The van der Waals surface area contributed by atoms with Gasteiger partial charge in [0.2, 0.25) is 11.8 Å². The van der Waals surface area contributed by atoms with Crippen LogP contribution >= 0.6 is 0 Å². The van der Waals surface area contributed by atoms with Crippen molar-refractivity contribution in [1.82, 2.24) is 10.2 Å². The molecule has 1 N–H and O–H groups in total. The Labute approximate surface area is 179 Å². The van der Waals surface area contributed by atoms with E-state index in [0.717, 1.165) is 25.7 Å². The summed E-state index contributed by atoms with van der Waals surface area (Å²) < 4.78 is 0. The second kappa shape index (κ2) is 10.4. The van der Waals surface area contributed by atoms with Gasteiger partial charge in [-0.05, 0) is 52.9 Å². The van der Waals surface area contributed by atoms with E-state index < -0.39 is 0 Å². The first-order valence-corrected chi connectivity index (χ1v) is 12.3. The zero-order valence-corrected chi connectivity index (χ0v) is 20.0. The van der Waals surface area contributed by atoms with Gasteiger partial charge >= 0.3 is 0 Å². The summed E-state index contributed by atoms with van der Waals surface area (Å²) in [5.74, 6) is 0.448. The highest BCUT2D eigenvalue weighted by atomic mass is 16.2. The van der Waals surface area contributed by atoms with E-state index in [1.165, 1.54) is 44.9 Å². The zero-order chi connectivity index (χ0) is 21.7. The minimum Gasteiger partial charge on any atom is -0.307 e. The van der Waals surface area contributed by atoms with Crippen LogP contribution in [0, 0.1) is 11.8 Å². The quantitative estimate of drug-likeness (QED) is 0.346. The van der Waals surface area contributed by atoms with E-state index in [4.69, 9.17) is 0 Å². The number of carbonyl (C=O) groups is 2. The monoisotopic (exact) mass is 406 g/mol. The average Bonchev–Trinajstić information content (AvgIpc) is 2.89.